The van der Waals surface area contributed by atoms with Crippen molar-refractivity contribution in [2.45, 2.75) is 53.2 Å². The van der Waals surface area contributed by atoms with E-state index in [1.807, 2.05) is 45.3 Å². The molecule has 7 heteroatoms. The smallest absolute Gasteiger partial charge is 0.408 e. The van der Waals surface area contributed by atoms with E-state index in [0.29, 0.717) is 24.3 Å². The van der Waals surface area contributed by atoms with Gasteiger partial charge in [0.05, 0.1) is 17.4 Å². The Morgan fingerprint density at radius 3 is 2.50 bits per heavy atom. The first-order valence-corrected chi connectivity index (χ1v) is 9.17. The SMILES string of the molecule is CC(C)C(CCl)Cn1cnc2cc(CN(C(=O)O)C(C)(C)C)ccc21.Cl. The maximum absolute atomic E-state index is 11.5. The number of alkyl halides is 1. The minimum absolute atomic E-state index is 0. The number of amides is 1. The Balaban J connectivity index is 0.00000338. The molecule has 1 heterocycles. The fourth-order valence-electron chi connectivity index (χ4n) is 2.82. The van der Waals surface area contributed by atoms with Gasteiger partial charge in [0.15, 0.2) is 0 Å². The van der Waals surface area contributed by atoms with Crippen LogP contribution in [0.4, 0.5) is 4.79 Å². The van der Waals surface area contributed by atoms with Gasteiger partial charge in [-0.3, -0.25) is 4.90 Å². The number of nitrogens with zero attached hydrogens (tertiary/aromatic N) is 3. The van der Waals surface area contributed by atoms with Crippen LogP contribution in [-0.4, -0.2) is 37.1 Å². The Bertz CT molecular complexity index is 738. The zero-order valence-electron chi connectivity index (χ0n) is 16.1. The van der Waals surface area contributed by atoms with Crippen molar-refractivity contribution in [2.24, 2.45) is 11.8 Å². The summed E-state index contributed by atoms with van der Waals surface area (Å²) in [5.41, 5.74) is 2.42. The number of hydrogen-bond donors (Lipinski definition) is 1. The first-order valence-electron chi connectivity index (χ1n) is 8.63. The highest BCUT2D eigenvalue weighted by Gasteiger charge is 2.26. The highest BCUT2D eigenvalue weighted by molar-refractivity contribution is 6.18. The van der Waals surface area contributed by atoms with E-state index in [4.69, 9.17) is 11.6 Å². The highest BCUT2D eigenvalue weighted by atomic mass is 35.5. The average Bonchev–Trinajstić information content (AvgIpc) is 2.90. The van der Waals surface area contributed by atoms with Crippen LogP contribution < -0.4 is 0 Å². The molecule has 5 nitrogen and oxygen atoms in total. The summed E-state index contributed by atoms with van der Waals surface area (Å²) in [5.74, 6) is 1.52. The van der Waals surface area contributed by atoms with Crippen molar-refractivity contribution in [1.82, 2.24) is 14.5 Å². The van der Waals surface area contributed by atoms with Crippen LogP contribution in [-0.2, 0) is 13.1 Å². The molecule has 1 aromatic carbocycles. The number of carboxylic acid groups (broad SMARTS) is 1. The summed E-state index contributed by atoms with van der Waals surface area (Å²) in [5, 5.41) is 9.46. The molecular formula is C19H29Cl2N3O2. The zero-order valence-corrected chi connectivity index (χ0v) is 17.6. The number of rotatable bonds is 6. The first-order chi connectivity index (χ1) is 11.6. The molecule has 0 aliphatic rings. The predicted octanol–water partition coefficient (Wildman–Crippen LogP) is 5.25. The molecule has 2 rings (SSSR count). The predicted molar refractivity (Wildman–Crippen MR) is 109 cm³/mol. The summed E-state index contributed by atoms with van der Waals surface area (Å²) in [6, 6.07) is 5.97. The third kappa shape index (κ3) is 5.27. The van der Waals surface area contributed by atoms with Gasteiger partial charge in [-0.15, -0.1) is 24.0 Å². The molecule has 0 aliphatic carbocycles. The van der Waals surface area contributed by atoms with Crippen molar-refractivity contribution in [3.63, 3.8) is 0 Å². The fraction of sp³-hybridized carbons (Fsp3) is 0.579. The van der Waals surface area contributed by atoms with Crippen LogP contribution in [0.3, 0.4) is 0 Å². The Labute approximate surface area is 166 Å². The van der Waals surface area contributed by atoms with Gasteiger partial charge in [0.2, 0.25) is 0 Å². The van der Waals surface area contributed by atoms with Crippen molar-refractivity contribution < 1.29 is 9.90 Å². The standard InChI is InChI=1S/C19H28ClN3O2.ClH/c1-13(2)15(9-20)11-22-12-21-16-8-14(6-7-17(16)22)10-23(18(24)25)19(3,4)5;/h6-8,12-13,15H,9-11H2,1-5H3,(H,24,25);1H. The summed E-state index contributed by atoms with van der Waals surface area (Å²) in [4.78, 5) is 17.5. The van der Waals surface area contributed by atoms with E-state index in [-0.39, 0.29) is 12.4 Å². The molecule has 0 bridgehead atoms. The molecule has 1 atom stereocenters. The molecule has 1 aromatic heterocycles. The van der Waals surface area contributed by atoms with Crippen LogP contribution in [0.5, 0.6) is 0 Å². The van der Waals surface area contributed by atoms with Crippen LogP contribution in [0.15, 0.2) is 24.5 Å². The third-order valence-electron chi connectivity index (χ3n) is 4.64. The topological polar surface area (TPSA) is 58.4 Å². The van der Waals surface area contributed by atoms with Gasteiger partial charge in [0, 0.05) is 24.5 Å². The normalized spacial score (nSPS) is 12.9. The second-order valence-electron chi connectivity index (χ2n) is 7.92. The average molecular weight is 402 g/mol. The molecule has 0 aliphatic heterocycles. The zero-order chi connectivity index (χ0) is 18.8. The summed E-state index contributed by atoms with van der Waals surface area (Å²) >= 11 is 6.09. The minimum Gasteiger partial charge on any atom is -0.465 e. The van der Waals surface area contributed by atoms with Gasteiger partial charge in [-0.05, 0) is 50.3 Å². The van der Waals surface area contributed by atoms with Gasteiger partial charge < -0.3 is 9.67 Å². The van der Waals surface area contributed by atoms with Crippen molar-refractivity contribution in [3.8, 4) is 0 Å². The number of carbonyl (C=O) groups is 1. The van der Waals surface area contributed by atoms with Crippen LogP contribution in [0.25, 0.3) is 11.0 Å². The summed E-state index contributed by atoms with van der Waals surface area (Å²) < 4.78 is 2.13. The lowest BCUT2D eigenvalue weighted by Gasteiger charge is -2.33. The van der Waals surface area contributed by atoms with Crippen LogP contribution >= 0.6 is 24.0 Å². The van der Waals surface area contributed by atoms with Gasteiger partial charge in [-0.25, -0.2) is 9.78 Å². The molecule has 2 aromatic rings. The molecule has 0 saturated heterocycles. The van der Waals surface area contributed by atoms with Crippen LogP contribution in [0.2, 0.25) is 0 Å². The molecule has 1 unspecified atom stereocenters. The number of imidazole rings is 1. The number of fused-ring (bicyclic) bond motifs is 1. The molecule has 1 amide bonds. The monoisotopic (exact) mass is 401 g/mol. The summed E-state index contributed by atoms with van der Waals surface area (Å²) in [6.45, 7) is 11.2. The summed E-state index contributed by atoms with van der Waals surface area (Å²) in [7, 11) is 0. The van der Waals surface area contributed by atoms with E-state index in [1.54, 1.807) is 0 Å². The molecule has 0 fully saturated rings. The van der Waals surface area contributed by atoms with Crippen molar-refractivity contribution >= 4 is 41.1 Å². The Kier molecular flexibility index (Phi) is 7.78. The molecule has 146 valence electrons. The molecule has 26 heavy (non-hydrogen) atoms. The fourth-order valence-corrected chi connectivity index (χ4v) is 3.27. The first kappa shape index (κ1) is 22.6. The molecule has 0 spiro atoms. The van der Waals surface area contributed by atoms with Gasteiger partial charge in [-0.1, -0.05) is 19.9 Å². The largest absolute Gasteiger partial charge is 0.465 e. The maximum atomic E-state index is 11.5. The van der Waals surface area contributed by atoms with E-state index in [1.165, 1.54) is 4.90 Å². The van der Waals surface area contributed by atoms with Gasteiger partial charge in [-0.2, -0.15) is 0 Å². The molecule has 1 N–H and O–H groups in total. The lowest BCUT2D eigenvalue weighted by atomic mass is 9.98. The van der Waals surface area contributed by atoms with Crippen molar-refractivity contribution in [1.29, 1.82) is 0 Å². The lowest BCUT2D eigenvalue weighted by molar-refractivity contribution is 0.0956. The van der Waals surface area contributed by atoms with Crippen molar-refractivity contribution in [3.05, 3.63) is 30.1 Å². The lowest BCUT2D eigenvalue weighted by Crippen LogP contribution is -2.44. The van der Waals surface area contributed by atoms with Crippen LogP contribution in [0.1, 0.15) is 40.2 Å². The van der Waals surface area contributed by atoms with Gasteiger partial charge in [0.25, 0.3) is 0 Å². The second-order valence-corrected chi connectivity index (χ2v) is 8.23. The summed E-state index contributed by atoms with van der Waals surface area (Å²) in [6.07, 6.45) is 0.926. The molecule has 0 saturated carbocycles. The van der Waals surface area contributed by atoms with E-state index >= 15 is 0 Å². The minimum atomic E-state index is -0.917. The van der Waals surface area contributed by atoms with Gasteiger partial charge >= 0.3 is 6.09 Å². The van der Waals surface area contributed by atoms with Gasteiger partial charge in [0.1, 0.15) is 0 Å². The third-order valence-corrected chi connectivity index (χ3v) is 5.04. The number of aromatic nitrogens is 2. The highest BCUT2D eigenvalue weighted by Crippen LogP contribution is 2.23. The van der Waals surface area contributed by atoms with Crippen molar-refractivity contribution in [2.75, 3.05) is 5.88 Å². The van der Waals surface area contributed by atoms with E-state index < -0.39 is 11.6 Å². The second kappa shape index (κ2) is 8.96. The Morgan fingerprint density at radius 2 is 2.00 bits per heavy atom. The Morgan fingerprint density at radius 1 is 1.35 bits per heavy atom. The molecule has 0 radical (unpaired) electrons. The number of benzene rings is 1. The van der Waals surface area contributed by atoms with E-state index in [0.717, 1.165) is 23.1 Å². The maximum Gasteiger partial charge on any atom is 0.408 e. The number of hydrogen-bond acceptors (Lipinski definition) is 2. The van der Waals surface area contributed by atoms with E-state index in [9.17, 15) is 9.90 Å². The molecular weight excluding hydrogens is 373 g/mol. The van der Waals surface area contributed by atoms with Crippen LogP contribution in [0, 0.1) is 11.8 Å². The van der Waals surface area contributed by atoms with E-state index in [2.05, 4.69) is 23.4 Å². The number of halogens is 2. The quantitative estimate of drug-likeness (QED) is 0.672. The Hall–Kier alpha value is -1.46.